The third-order valence-electron chi connectivity index (χ3n) is 15.1. The average Bonchev–Trinajstić information content (AvgIpc) is 3.86. The van der Waals surface area contributed by atoms with E-state index in [0.29, 0.717) is 44.4 Å². The molecule has 0 aliphatic carbocycles. The molecule has 0 bridgehead atoms. The smallest absolute Gasteiger partial charge is 0.311 e. The predicted octanol–water partition coefficient (Wildman–Crippen LogP) is 6.51. The van der Waals surface area contributed by atoms with Crippen molar-refractivity contribution < 1.29 is 63.5 Å². The van der Waals surface area contributed by atoms with Gasteiger partial charge in [-0.25, -0.2) is 5.84 Å². The van der Waals surface area contributed by atoms with Crippen molar-refractivity contribution in [2.45, 2.75) is 188 Å². The molecule has 0 aromatic heterocycles. The first-order valence-corrected chi connectivity index (χ1v) is 28.0. The summed E-state index contributed by atoms with van der Waals surface area (Å²) in [6.45, 7) is 23.7. The number of hydrazine groups is 1. The largest absolute Gasteiger partial charge is 0.494 e. The first-order chi connectivity index (χ1) is 36.6. The minimum absolute atomic E-state index is 0.0713. The first kappa shape index (κ1) is 69.2. The van der Waals surface area contributed by atoms with Crippen molar-refractivity contribution >= 4 is 23.1 Å². The summed E-state index contributed by atoms with van der Waals surface area (Å²) in [5.74, 6) is 5.17. The van der Waals surface area contributed by atoms with Gasteiger partial charge in [-0.15, -0.1) is 0 Å². The van der Waals surface area contributed by atoms with Crippen LogP contribution in [-0.2, 0) is 39.7 Å². The van der Waals surface area contributed by atoms with Crippen molar-refractivity contribution in [2.24, 2.45) is 41.2 Å². The van der Waals surface area contributed by atoms with Crippen LogP contribution in [0.2, 0.25) is 0 Å². The number of nitrogens with zero attached hydrogens (tertiary/aromatic N) is 3. The molecule has 3 saturated heterocycles. The number of esters is 1. The lowest BCUT2D eigenvalue weighted by Gasteiger charge is -2.39. The lowest BCUT2D eigenvalue weighted by molar-refractivity contribution is -0.239. The highest BCUT2D eigenvalue weighted by molar-refractivity contribution is 5.83. The van der Waals surface area contributed by atoms with Gasteiger partial charge in [0.1, 0.15) is 23.7 Å². The van der Waals surface area contributed by atoms with Crippen molar-refractivity contribution in [3.05, 3.63) is 65.9 Å². The van der Waals surface area contributed by atoms with Gasteiger partial charge in [-0.2, -0.15) is 0 Å². The molecule has 0 spiro atoms. The first-order valence-electron chi connectivity index (χ1n) is 28.0. The molecule has 442 valence electrons. The standard InChI is InChI=1S/C29H43N5O3.C26H46O8.C2H6.2CH4O/c1-21(33-15-13-23-7-4-5-8-27(23)33)20-34(31)28(19-30)24-9-11-26(12-10-24)36-16-6-14-32(3)25-17-22(2)37-29(35)18-25;1-14-9-17(4)33-21(10-14)34-23-16(3)12-20(31-8)11-15(2)22(27)18(5)24(28)26(7,30)13-32-25(29)19(23)6;3*1-2/h4-5,7-12,19,21-22,25,29,35H,6,13-18,20,30-31H2,1-3H3;14-21,23-24,28,30H,9-13H2,1-8H3;1-2H3;2*2H,1H3/b28-19-;;;;/t21-,22?,25?,29?;14?,15-,16-,17?,18?,19?,20?,21+,23+,24?,26-;;;/m01.../s1. The number of benzene rings is 2. The van der Waals surface area contributed by atoms with Crippen LogP contribution in [0.1, 0.15) is 132 Å². The highest BCUT2D eigenvalue weighted by atomic mass is 16.7. The Kier molecular flexibility index (Phi) is 31.4. The van der Waals surface area contributed by atoms with Crippen molar-refractivity contribution in [1.82, 2.24) is 9.91 Å². The molecule has 2 aromatic carbocycles. The molecule has 4 heterocycles. The van der Waals surface area contributed by atoms with Gasteiger partial charge < -0.3 is 74.5 Å². The minimum Gasteiger partial charge on any atom is -0.494 e. The number of cyclic esters (lactones) is 1. The Bertz CT molecular complexity index is 1980. The Balaban J connectivity index is 0.000000482. The number of carbonyl (C=O) groups excluding carboxylic acids is 2. The summed E-state index contributed by atoms with van der Waals surface area (Å²) < 4.78 is 35.0. The molecule has 3 fully saturated rings. The monoisotopic (exact) mass is 1090 g/mol. The summed E-state index contributed by atoms with van der Waals surface area (Å²) in [4.78, 5) is 30.7. The van der Waals surface area contributed by atoms with Crippen LogP contribution in [0.15, 0.2) is 54.7 Å². The Morgan fingerprint density at radius 3 is 2.13 bits per heavy atom. The second-order valence-electron chi connectivity index (χ2n) is 21.5. The van der Waals surface area contributed by atoms with E-state index in [1.54, 1.807) is 32.2 Å². The minimum atomic E-state index is -1.77. The average molecular weight is 1090 g/mol. The Morgan fingerprint density at radius 1 is 0.883 bits per heavy atom. The second kappa shape index (κ2) is 34.9. The molecule has 9 unspecified atom stereocenters. The lowest BCUT2D eigenvalue weighted by Crippen LogP contribution is -2.51. The van der Waals surface area contributed by atoms with Gasteiger partial charge in [0.25, 0.3) is 0 Å². The molecule has 4 aliphatic heterocycles. The molecule has 0 radical (unpaired) electrons. The normalized spacial score (nSPS) is 31.4. The number of fused-ring (bicyclic) bond motifs is 1. The third-order valence-corrected chi connectivity index (χ3v) is 15.1. The molecular formula is C59H103N5O13. The fraction of sp³-hybridized carbons (Fsp3) is 0.729. The van der Waals surface area contributed by atoms with E-state index in [9.17, 15) is 24.9 Å². The van der Waals surface area contributed by atoms with E-state index >= 15 is 0 Å². The van der Waals surface area contributed by atoms with Crippen molar-refractivity contribution in [1.29, 1.82) is 0 Å². The van der Waals surface area contributed by atoms with Gasteiger partial charge in [-0.05, 0) is 128 Å². The third kappa shape index (κ3) is 21.2. The summed E-state index contributed by atoms with van der Waals surface area (Å²) >= 11 is 0. The van der Waals surface area contributed by atoms with Crippen LogP contribution in [0.4, 0.5) is 5.69 Å². The van der Waals surface area contributed by atoms with Crippen molar-refractivity contribution in [3.8, 4) is 5.75 Å². The number of carbonyl (C=O) groups is 2. The Labute approximate surface area is 462 Å². The number of ether oxygens (including phenoxy) is 6. The van der Waals surface area contributed by atoms with Crippen LogP contribution in [0.25, 0.3) is 5.70 Å². The van der Waals surface area contributed by atoms with Crippen LogP contribution in [0.5, 0.6) is 5.75 Å². The number of rotatable bonds is 14. The maximum atomic E-state index is 13.0. The number of hydrogen-bond donors (Lipinski definition) is 7. The zero-order valence-electron chi connectivity index (χ0n) is 49.5. The number of Topliss-reactive ketones (excluding diaryl/α,β-unsaturated/α-hetero) is 1. The molecule has 4 aliphatic rings. The number of ketones is 1. The number of methoxy groups -OCH3 is 1. The summed E-state index contributed by atoms with van der Waals surface area (Å²) in [6, 6.07) is 17.1. The molecule has 9 N–H and O–H groups in total. The fourth-order valence-corrected chi connectivity index (χ4v) is 10.9. The number of nitrogens with two attached hydrogens (primary N) is 2. The Hall–Kier alpha value is -3.92. The van der Waals surface area contributed by atoms with Crippen LogP contribution >= 0.6 is 0 Å². The van der Waals surface area contributed by atoms with Gasteiger partial charge in [-0.3, -0.25) is 9.59 Å². The quantitative estimate of drug-likeness (QED) is 0.0461. The summed E-state index contributed by atoms with van der Waals surface area (Å²) in [5, 5.41) is 47.1. The van der Waals surface area contributed by atoms with Crippen molar-refractivity contribution in [2.75, 3.05) is 66.1 Å². The molecule has 0 saturated carbocycles. The molecule has 6 rings (SSSR count). The van der Waals surface area contributed by atoms with Crippen LogP contribution < -0.4 is 21.2 Å². The van der Waals surface area contributed by atoms with Gasteiger partial charge in [-0.1, -0.05) is 59.7 Å². The van der Waals surface area contributed by atoms with Crippen molar-refractivity contribution in [3.63, 3.8) is 0 Å². The summed E-state index contributed by atoms with van der Waals surface area (Å²) in [6.07, 6.45) is 4.86. The topological polar surface area (TPSA) is 252 Å². The molecule has 18 heteroatoms. The van der Waals surface area contributed by atoms with Gasteiger partial charge in [0.05, 0.1) is 55.3 Å². The Morgan fingerprint density at radius 2 is 1.52 bits per heavy atom. The van der Waals surface area contributed by atoms with Crippen LogP contribution in [0.3, 0.4) is 0 Å². The predicted molar refractivity (Wildman–Crippen MR) is 303 cm³/mol. The molecule has 0 amide bonds. The fourth-order valence-electron chi connectivity index (χ4n) is 10.9. The van der Waals surface area contributed by atoms with Gasteiger partial charge in [0, 0.05) is 88.6 Å². The van der Waals surface area contributed by atoms with E-state index in [1.807, 2.05) is 65.8 Å². The summed E-state index contributed by atoms with van der Waals surface area (Å²) in [7, 11) is 5.72. The number of hydrogen-bond acceptors (Lipinski definition) is 18. The van der Waals surface area contributed by atoms with E-state index in [2.05, 4.69) is 55.0 Å². The zero-order valence-corrected chi connectivity index (χ0v) is 49.5. The molecule has 18 nitrogen and oxygen atoms in total. The maximum Gasteiger partial charge on any atom is 0.311 e. The van der Waals surface area contributed by atoms with E-state index in [1.165, 1.54) is 18.2 Å². The van der Waals surface area contributed by atoms with Gasteiger partial charge in [0.2, 0.25) is 0 Å². The number of anilines is 1. The SMILES string of the molecule is CC.CC1CC(N(C)CCCOc2ccc(/C(=C/N)N(N)C[C@H](C)N3CCc4ccccc43)cc2)CC(O)O1.CO.CO.COC1C[C@@H](C)C(=O)C(C)C(O)[C@](C)(O)COC(=O)C(C)[C@@H](O[C@H]2CC(C)CC(C)O2)[C@H](C)C1. The lowest BCUT2D eigenvalue weighted by atomic mass is 9.80. The maximum absolute atomic E-state index is 13.0. The zero-order chi connectivity index (χ0) is 58.2. The molecule has 2 aromatic rings. The number of aliphatic hydroxyl groups excluding tert-OH is 4. The molecular weight excluding hydrogens is 987 g/mol. The molecule has 15 atom stereocenters. The van der Waals surface area contributed by atoms with Crippen LogP contribution in [0, 0.1) is 29.6 Å². The summed E-state index contributed by atoms with van der Waals surface area (Å²) in [5.41, 5.74) is 8.67. The molecule has 77 heavy (non-hydrogen) atoms. The van der Waals surface area contributed by atoms with Gasteiger partial charge >= 0.3 is 5.97 Å². The highest BCUT2D eigenvalue weighted by Crippen LogP contribution is 2.34. The number of aliphatic hydroxyl groups is 5. The highest BCUT2D eigenvalue weighted by Gasteiger charge is 2.43. The number of para-hydroxylation sites is 1. The van der Waals surface area contributed by atoms with E-state index in [0.717, 1.165) is 76.4 Å². The van der Waals surface area contributed by atoms with Crippen LogP contribution in [-0.4, -0.2) is 169 Å². The van der Waals surface area contributed by atoms with E-state index in [-0.39, 0.29) is 42.0 Å². The van der Waals surface area contributed by atoms with E-state index in [4.69, 9.17) is 50.2 Å². The second-order valence-corrected chi connectivity index (χ2v) is 21.5. The van der Waals surface area contributed by atoms with E-state index < -0.39 is 54.8 Å². The van der Waals surface area contributed by atoms with Gasteiger partial charge in [0.15, 0.2) is 12.6 Å².